The van der Waals surface area contributed by atoms with Gasteiger partial charge in [0.05, 0.1) is 7.11 Å². The van der Waals surface area contributed by atoms with Crippen LogP contribution >= 0.6 is 15.9 Å². The van der Waals surface area contributed by atoms with Gasteiger partial charge in [-0.15, -0.1) is 0 Å². The zero-order valence-electron chi connectivity index (χ0n) is 11.4. The molecule has 4 heteroatoms. The van der Waals surface area contributed by atoms with Crippen LogP contribution in [0.2, 0.25) is 0 Å². The van der Waals surface area contributed by atoms with Crippen LogP contribution < -0.4 is 10.5 Å². The summed E-state index contributed by atoms with van der Waals surface area (Å²) in [7, 11) is 1.61. The Bertz CT molecular complexity index is 653. The molecular weight excluding hydrogens is 318 g/mol. The maximum absolute atomic E-state index is 12.4. The number of ether oxygens (including phenoxy) is 1. The molecule has 104 valence electrons. The standard InChI is InChI=1S/C16H16BrNO2/c1-10-3-6-16(20-2)11(7-10)8-15(19)13-9-12(18)4-5-14(13)17/h3-7,9H,8,18H2,1-2H3. The SMILES string of the molecule is COc1ccc(C)cc1CC(=O)c1cc(N)ccc1Br. The van der Waals surface area contributed by atoms with Gasteiger partial charge in [-0.3, -0.25) is 4.79 Å². The van der Waals surface area contributed by atoms with Gasteiger partial charge in [0.1, 0.15) is 5.75 Å². The first-order valence-electron chi connectivity index (χ1n) is 6.23. The fourth-order valence-corrected chi connectivity index (χ4v) is 2.54. The molecular formula is C16H16BrNO2. The molecule has 0 spiro atoms. The van der Waals surface area contributed by atoms with Crippen molar-refractivity contribution in [1.29, 1.82) is 0 Å². The fourth-order valence-electron chi connectivity index (χ4n) is 2.07. The third kappa shape index (κ3) is 3.20. The molecule has 0 bridgehead atoms. The van der Waals surface area contributed by atoms with Crippen LogP contribution in [0.15, 0.2) is 40.9 Å². The van der Waals surface area contributed by atoms with Crippen molar-refractivity contribution in [3.05, 3.63) is 57.6 Å². The first-order valence-corrected chi connectivity index (χ1v) is 7.02. The number of methoxy groups -OCH3 is 1. The predicted molar refractivity (Wildman–Crippen MR) is 84.3 cm³/mol. The number of benzene rings is 2. The van der Waals surface area contributed by atoms with Gasteiger partial charge >= 0.3 is 0 Å². The number of nitrogens with two attached hydrogens (primary N) is 1. The number of carbonyl (C=O) groups excluding carboxylic acids is 1. The highest BCUT2D eigenvalue weighted by Gasteiger charge is 2.14. The summed E-state index contributed by atoms with van der Waals surface area (Å²) in [6.07, 6.45) is 0.285. The molecule has 2 N–H and O–H groups in total. The summed E-state index contributed by atoms with van der Waals surface area (Å²) < 4.78 is 6.06. The molecule has 0 amide bonds. The topological polar surface area (TPSA) is 52.3 Å². The van der Waals surface area contributed by atoms with E-state index in [1.807, 2.05) is 25.1 Å². The number of rotatable bonds is 4. The van der Waals surface area contributed by atoms with Crippen LogP contribution in [0, 0.1) is 6.92 Å². The minimum atomic E-state index is 0.00748. The van der Waals surface area contributed by atoms with E-state index < -0.39 is 0 Å². The van der Waals surface area contributed by atoms with E-state index in [4.69, 9.17) is 10.5 Å². The summed E-state index contributed by atoms with van der Waals surface area (Å²) in [5.41, 5.74) is 8.89. The van der Waals surface area contributed by atoms with E-state index in [9.17, 15) is 4.79 Å². The first kappa shape index (κ1) is 14.6. The Hall–Kier alpha value is -1.81. The van der Waals surface area contributed by atoms with Crippen molar-refractivity contribution < 1.29 is 9.53 Å². The monoisotopic (exact) mass is 333 g/mol. The number of anilines is 1. The molecule has 0 aliphatic carbocycles. The van der Waals surface area contributed by atoms with Crippen LogP contribution in [0.1, 0.15) is 21.5 Å². The van der Waals surface area contributed by atoms with Gasteiger partial charge in [0.15, 0.2) is 5.78 Å². The molecule has 0 fully saturated rings. The molecule has 0 heterocycles. The molecule has 2 rings (SSSR count). The number of ketones is 1. The zero-order valence-corrected chi connectivity index (χ0v) is 13.0. The largest absolute Gasteiger partial charge is 0.496 e. The van der Waals surface area contributed by atoms with Crippen molar-refractivity contribution in [3.8, 4) is 5.75 Å². The lowest BCUT2D eigenvalue weighted by Gasteiger charge is -2.10. The highest BCUT2D eigenvalue weighted by molar-refractivity contribution is 9.10. The first-order chi connectivity index (χ1) is 9.51. The molecule has 0 unspecified atom stereocenters. The summed E-state index contributed by atoms with van der Waals surface area (Å²) in [4.78, 5) is 12.4. The third-order valence-electron chi connectivity index (χ3n) is 3.08. The Morgan fingerprint density at radius 2 is 2.00 bits per heavy atom. The lowest BCUT2D eigenvalue weighted by atomic mass is 10.0. The van der Waals surface area contributed by atoms with E-state index in [0.29, 0.717) is 11.3 Å². The van der Waals surface area contributed by atoms with Gasteiger partial charge in [0, 0.05) is 27.7 Å². The number of carbonyl (C=O) groups is 1. The second-order valence-corrected chi connectivity index (χ2v) is 5.51. The van der Waals surface area contributed by atoms with E-state index in [0.717, 1.165) is 21.3 Å². The average molecular weight is 334 g/mol. The van der Waals surface area contributed by atoms with Gasteiger partial charge in [-0.25, -0.2) is 0 Å². The molecule has 0 aliphatic heterocycles. The van der Waals surface area contributed by atoms with Crippen molar-refractivity contribution in [2.24, 2.45) is 0 Å². The van der Waals surface area contributed by atoms with Crippen molar-refractivity contribution in [3.63, 3.8) is 0 Å². The molecule has 2 aromatic rings. The van der Waals surface area contributed by atoms with Gasteiger partial charge in [-0.05, 0) is 31.2 Å². The number of hydrogen-bond donors (Lipinski definition) is 1. The van der Waals surface area contributed by atoms with Crippen LogP contribution in [-0.2, 0) is 6.42 Å². The number of aryl methyl sites for hydroxylation is 1. The minimum Gasteiger partial charge on any atom is -0.496 e. The zero-order chi connectivity index (χ0) is 14.7. The van der Waals surface area contributed by atoms with E-state index in [2.05, 4.69) is 15.9 Å². The van der Waals surface area contributed by atoms with Crippen LogP contribution in [0.4, 0.5) is 5.69 Å². The molecule has 3 nitrogen and oxygen atoms in total. The molecule has 0 saturated carbocycles. The Morgan fingerprint density at radius 3 is 2.70 bits per heavy atom. The summed E-state index contributed by atoms with van der Waals surface area (Å²) in [6, 6.07) is 11.0. The van der Waals surface area contributed by atoms with Gasteiger partial charge in [-0.2, -0.15) is 0 Å². The molecule has 20 heavy (non-hydrogen) atoms. The van der Waals surface area contributed by atoms with Crippen molar-refractivity contribution in [2.45, 2.75) is 13.3 Å². The Labute approximate surface area is 126 Å². The quantitative estimate of drug-likeness (QED) is 0.684. The minimum absolute atomic E-state index is 0.00748. The highest BCUT2D eigenvalue weighted by atomic mass is 79.9. The maximum atomic E-state index is 12.4. The number of halogens is 1. The highest BCUT2D eigenvalue weighted by Crippen LogP contribution is 2.25. The van der Waals surface area contributed by atoms with Crippen molar-refractivity contribution in [2.75, 3.05) is 12.8 Å². The average Bonchev–Trinajstić information content (AvgIpc) is 2.41. The van der Waals surface area contributed by atoms with Gasteiger partial charge < -0.3 is 10.5 Å². The molecule has 0 radical (unpaired) electrons. The third-order valence-corrected chi connectivity index (χ3v) is 3.77. The summed E-state index contributed by atoms with van der Waals surface area (Å²) in [5.74, 6) is 0.733. The van der Waals surface area contributed by atoms with Gasteiger partial charge in [0.2, 0.25) is 0 Å². The van der Waals surface area contributed by atoms with Crippen molar-refractivity contribution >= 4 is 27.4 Å². The number of Topliss-reactive ketones (excluding diaryl/α,β-unsaturated/α-hetero) is 1. The lowest BCUT2D eigenvalue weighted by molar-refractivity contribution is 0.0991. The van der Waals surface area contributed by atoms with Crippen LogP contribution in [0.5, 0.6) is 5.75 Å². The second-order valence-electron chi connectivity index (χ2n) is 4.65. The van der Waals surface area contributed by atoms with Crippen molar-refractivity contribution in [1.82, 2.24) is 0 Å². The lowest BCUT2D eigenvalue weighted by Crippen LogP contribution is -2.07. The Kier molecular flexibility index (Phi) is 4.45. The summed E-state index contributed by atoms with van der Waals surface area (Å²) >= 11 is 3.39. The van der Waals surface area contributed by atoms with E-state index in [1.54, 1.807) is 25.3 Å². The smallest absolute Gasteiger partial charge is 0.168 e. The van der Waals surface area contributed by atoms with Gasteiger partial charge in [0.25, 0.3) is 0 Å². The number of hydrogen-bond acceptors (Lipinski definition) is 3. The molecule has 0 atom stereocenters. The van der Waals surface area contributed by atoms with Crippen LogP contribution in [-0.4, -0.2) is 12.9 Å². The predicted octanol–water partition coefficient (Wildman–Crippen LogP) is 3.77. The summed E-state index contributed by atoms with van der Waals surface area (Å²) in [6.45, 7) is 1.99. The second kappa shape index (κ2) is 6.09. The summed E-state index contributed by atoms with van der Waals surface area (Å²) in [5, 5.41) is 0. The van der Waals surface area contributed by atoms with Crippen LogP contribution in [0.25, 0.3) is 0 Å². The maximum Gasteiger partial charge on any atom is 0.168 e. The fraction of sp³-hybridized carbons (Fsp3) is 0.188. The normalized spacial score (nSPS) is 10.3. The van der Waals surface area contributed by atoms with E-state index in [-0.39, 0.29) is 12.2 Å². The molecule has 2 aromatic carbocycles. The van der Waals surface area contributed by atoms with Gasteiger partial charge in [-0.1, -0.05) is 33.6 Å². The van der Waals surface area contributed by atoms with E-state index in [1.165, 1.54) is 0 Å². The Morgan fingerprint density at radius 1 is 1.25 bits per heavy atom. The molecule has 0 saturated heterocycles. The molecule has 0 aliphatic rings. The molecule has 0 aromatic heterocycles. The number of nitrogen functional groups attached to an aromatic ring is 1. The Balaban J connectivity index is 2.32. The van der Waals surface area contributed by atoms with Crippen LogP contribution in [0.3, 0.4) is 0 Å². The van der Waals surface area contributed by atoms with E-state index >= 15 is 0 Å².